The summed E-state index contributed by atoms with van der Waals surface area (Å²) in [6.07, 6.45) is 4.61. The maximum Gasteiger partial charge on any atom is 0.317 e. The molecule has 0 bridgehead atoms. The number of amides is 2. The molecule has 1 N–H and O–H groups in total. The van der Waals surface area contributed by atoms with Crippen LogP contribution in [0.5, 0.6) is 0 Å². The molecule has 0 unspecified atom stereocenters. The standard InChI is InChI=1S/C11H18N4O2/c1-9-13-10(17-14-9)8-12-11(16)15-6-4-2-3-5-7-15/h2-8H2,1H3,(H,12,16). The van der Waals surface area contributed by atoms with Crippen LogP contribution < -0.4 is 5.32 Å². The predicted octanol–water partition coefficient (Wildman–Crippen LogP) is 1.46. The number of hydrogen-bond acceptors (Lipinski definition) is 4. The molecule has 0 aromatic carbocycles. The lowest BCUT2D eigenvalue weighted by atomic mass is 10.2. The first-order valence-corrected chi connectivity index (χ1v) is 6.07. The van der Waals surface area contributed by atoms with Crippen molar-refractivity contribution in [3.05, 3.63) is 11.7 Å². The molecule has 1 saturated heterocycles. The number of rotatable bonds is 2. The number of hydrogen-bond donors (Lipinski definition) is 1. The lowest BCUT2D eigenvalue weighted by Crippen LogP contribution is -2.40. The summed E-state index contributed by atoms with van der Waals surface area (Å²) in [7, 11) is 0. The van der Waals surface area contributed by atoms with Crippen LogP contribution in [0.2, 0.25) is 0 Å². The summed E-state index contributed by atoms with van der Waals surface area (Å²) >= 11 is 0. The van der Waals surface area contributed by atoms with Gasteiger partial charge < -0.3 is 14.7 Å². The number of nitrogens with one attached hydrogen (secondary N) is 1. The Morgan fingerprint density at radius 3 is 2.65 bits per heavy atom. The van der Waals surface area contributed by atoms with Gasteiger partial charge in [0.2, 0.25) is 5.89 Å². The Labute approximate surface area is 100 Å². The molecular weight excluding hydrogens is 220 g/mol. The van der Waals surface area contributed by atoms with Crippen molar-refractivity contribution in [2.45, 2.75) is 39.2 Å². The van der Waals surface area contributed by atoms with E-state index < -0.39 is 0 Å². The van der Waals surface area contributed by atoms with Gasteiger partial charge in [0.25, 0.3) is 0 Å². The normalized spacial score (nSPS) is 16.6. The van der Waals surface area contributed by atoms with E-state index in [-0.39, 0.29) is 6.03 Å². The summed E-state index contributed by atoms with van der Waals surface area (Å²) in [6, 6.07) is -0.0391. The molecule has 2 amide bonds. The molecule has 0 radical (unpaired) electrons. The number of aryl methyl sites for hydroxylation is 1. The van der Waals surface area contributed by atoms with Gasteiger partial charge in [-0.05, 0) is 19.8 Å². The number of nitrogens with zero attached hydrogens (tertiary/aromatic N) is 3. The SMILES string of the molecule is Cc1noc(CNC(=O)N2CCCCCC2)n1. The molecule has 6 heteroatoms. The monoisotopic (exact) mass is 238 g/mol. The van der Waals surface area contributed by atoms with E-state index in [1.165, 1.54) is 12.8 Å². The Morgan fingerprint density at radius 2 is 2.06 bits per heavy atom. The molecule has 17 heavy (non-hydrogen) atoms. The third kappa shape index (κ3) is 3.44. The summed E-state index contributed by atoms with van der Waals surface area (Å²) < 4.78 is 4.93. The number of urea groups is 1. The molecule has 2 rings (SSSR count). The molecule has 1 aliphatic heterocycles. The summed E-state index contributed by atoms with van der Waals surface area (Å²) in [5.41, 5.74) is 0. The Balaban J connectivity index is 1.79. The quantitative estimate of drug-likeness (QED) is 0.846. The van der Waals surface area contributed by atoms with Crippen LogP contribution in [0.1, 0.15) is 37.4 Å². The zero-order valence-corrected chi connectivity index (χ0v) is 10.1. The Morgan fingerprint density at radius 1 is 1.35 bits per heavy atom. The van der Waals surface area contributed by atoms with Gasteiger partial charge in [-0.15, -0.1) is 0 Å². The molecular formula is C11H18N4O2. The average Bonchev–Trinajstić information content (AvgIpc) is 2.58. The highest BCUT2D eigenvalue weighted by Gasteiger charge is 2.15. The van der Waals surface area contributed by atoms with Crippen molar-refractivity contribution in [1.82, 2.24) is 20.4 Å². The Bertz CT molecular complexity index is 369. The molecule has 2 heterocycles. The lowest BCUT2D eigenvalue weighted by Gasteiger charge is -2.20. The van der Waals surface area contributed by atoms with Crippen molar-refractivity contribution in [2.75, 3.05) is 13.1 Å². The van der Waals surface area contributed by atoms with Crippen molar-refractivity contribution in [1.29, 1.82) is 0 Å². The molecule has 0 saturated carbocycles. The van der Waals surface area contributed by atoms with Gasteiger partial charge in [0.15, 0.2) is 5.82 Å². The molecule has 1 aromatic rings. The third-order valence-electron chi connectivity index (χ3n) is 2.85. The zero-order valence-electron chi connectivity index (χ0n) is 10.1. The zero-order chi connectivity index (χ0) is 12.1. The van der Waals surface area contributed by atoms with Gasteiger partial charge in [0, 0.05) is 13.1 Å². The first-order chi connectivity index (χ1) is 8.25. The maximum atomic E-state index is 11.9. The summed E-state index contributed by atoms with van der Waals surface area (Å²) in [5, 5.41) is 6.47. The van der Waals surface area contributed by atoms with Crippen molar-refractivity contribution in [2.24, 2.45) is 0 Å². The second-order valence-electron chi connectivity index (χ2n) is 4.30. The van der Waals surface area contributed by atoms with E-state index in [9.17, 15) is 4.79 Å². The van der Waals surface area contributed by atoms with Crippen LogP contribution in [0.4, 0.5) is 4.79 Å². The molecule has 1 aliphatic rings. The van der Waals surface area contributed by atoms with Crippen LogP contribution >= 0.6 is 0 Å². The number of likely N-dealkylation sites (tertiary alicyclic amines) is 1. The van der Waals surface area contributed by atoms with E-state index >= 15 is 0 Å². The predicted molar refractivity (Wildman–Crippen MR) is 61.3 cm³/mol. The van der Waals surface area contributed by atoms with Gasteiger partial charge in [-0.3, -0.25) is 0 Å². The van der Waals surface area contributed by atoms with Gasteiger partial charge in [0.1, 0.15) is 0 Å². The molecule has 6 nitrogen and oxygen atoms in total. The topological polar surface area (TPSA) is 71.3 Å². The maximum absolute atomic E-state index is 11.9. The van der Waals surface area contributed by atoms with Gasteiger partial charge in [0.05, 0.1) is 6.54 Å². The van der Waals surface area contributed by atoms with Gasteiger partial charge in [-0.25, -0.2) is 4.79 Å². The number of carbonyl (C=O) groups excluding carboxylic acids is 1. The molecule has 0 spiro atoms. The first-order valence-electron chi connectivity index (χ1n) is 6.07. The highest BCUT2D eigenvalue weighted by molar-refractivity contribution is 5.74. The highest BCUT2D eigenvalue weighted by Crippen LogP contribution is 2.09. The smallest absolute Gasteiger partial charge is 0.317 e. The largest absolute Gasteiger partial charge is 0.337 e. The van der Waals surface area contributed by atoms with E-state index in [1.807, 2.05) is 4.90 Å². The Kier molecular flexibility index (Phi) is 3.95. The van der Waals surface area contributed by atoms with Crippen LogP contribution in [0.25, 0.3) is 0 Å². The van der Waals surface area contributed by atoms with E-state index in [4.69, 9.17) is 4.52 Å². The van der Waals surface area contributed by atoms with Crippen LogP contribution in [-0.4, -0.2) is 34.2 Å². The van der Waals surface area contributed by atoms with Crippen LogP contribution in [0, 0.1) is 6.92 Å². The van der Waals surface area contributed by atoms with Crippen molar-refractivity contribution >= 4 is 6.03 Å². The van der Waals surface area contributed by atoms with Crippen LogP contribution in [0.15, 0.2) is 4.52 Å². The molecule has 94 valence electrons. The van der Waals surface area contributed by atoms with Gasteiger partial charge >= 0.3 is 6.03 Å². The van der Waals surface area contributed by atoms with Crippen molar-refractivity contribution in [3.63, 3.8) is 0 Å². The molecule has 1 fully saturated rings. The first kappa shape index (κ1) is 11.9. The average molecular weight is 238 g/mol. The fraction of sp³-hybridized carbons (Fsp3) is 0.727. The summed E-state index contributed by atoms with van der Waals surface area (Å²) in [5.74, 6) is 1.04. The summed E-state index contributed by atoms with van der Waals surface area (Å²) in [6.45, 7) is 3.74. The highest BCUT2D eigenvalue weighted by atomic mass is 16.5. The fourth-order valence-corrected chi connectivity index (χ4v) is 1.95. The van der Waals surface area contributed by atoms with E-state index in [2.05, 4.69) is 15.5 Å². The molecule has 1 aromatic heterocycles. The van der Waals surface area contributed by atoms with Crippen molar-refractivity contribution in [3.8, 4) is 0 Å². The lowest BCUT2D eigenvalue weighted by molar-refractivity contribution is 0.197. The minimum Gasteiger partial charge on any atom is -0.337 e. The van der Waals surface area contributed by atoms with E-state index in [0.29, 0.717) is 18.3 Å². The third-order valence-corrected chi connectivity index (χ3v) is 2.85. The number of carbonyl (C=O) groups is 1. The minimum absolute atomic E-state index is 0.0391. The summed E-state index contributed by atoms with van der Waals surface area (Å²) in [4.78, 5) is 17.7. The van der Waals surface area contributed by atoms with E-state index in [1.54, 1.807) is 6.92 Å². The minimum atomic E-state index is -0.0391. The molecule has 0 aliphatic carbocycles. The van der Waals surface area contributed by atoms with E-state index in [0.717, 1.165) is 25.9 Å². The van der Waals surface area contributed by atoms with Crippen LogP contribution in [-0.2, 0) is 6.54 Å². The number of aromatic nitrogens is 2. The van der Waals surface area contributed by atoms with Gasteiger partial charge in [-0.2, -0.15) is 4.98 Å². The molecule has 0 atom stereocenters. The second kappa shape index (κ2) is 5.65. The van der Waals surface area contributed by atoms with Gasteiger partial charge in [-0.1, -0.05) is 18.0 Å². The second-order valence-corrected chi connectivity index (χ2v) is 4.30. The van der Waals surface area contributed by atoms with Crippen molar-refractivity contribution < 1.29 is 9.32 Å². The Hall–Kier alpha value is -1.59. The fourth-order valence-electron chi connectivity index (χ4n) is 1.95. The van der Waals surface area contributed by atoms with Crippen LogP contribution in [0.3, 0.4) is 0 Å².